The minimum atomic E-state index is -2.56. The molecule has 1 aliphatic carbocycles. The zero-order chi connectivity index (χ0) is 22.0. The van der Waals surface area contributed by atoms with Gasteiger partial charge in [-0.2, -0.15) is 0 Å². The molecule has 2 aromatic heterocycles. The molecule has 0 atom stereocenters. The van der Waals surface area contributed by atoms with Crippen molar-refractivity contribution in [3.05, 3.63) is 59.2 Å². The van der Waals surface area contributed by atoms with Gasteiger partial charge in [0.1, 0.15) is 0 Å². The fourth-order valence-electron chi connectivity index (χ4n) is 3.45. The van der Waals surface area contributed by atoms with Crippen LogP contribution in [0.4, 0.5) is 13.9 Å². The molecule has 6 nitrogen and oxygen atoms in total. The lowest BCUT2D eigenvalue weighted by atomic mass is 9.76. The lowest BCUT2D eigenvalue weighted by molar-refractivity contribution is -0.115. The Bertz CT molecular complexity index is 1110. The second-order valence-corrected chi connectivity index (χ2v) is 8.32. The van der Waals surface area contributed by atoms with Gasteiger partial charge in [-0.15, -0.1) is 11.3 Å². The molecule has 0 aliphatic heterocycles. The first kappa shape index (κ1) is 21.2. The number of alkyl halides is 2. The molecule has 1 fully saturated rings. The van der Waals surface area contributed by atoms with Crippen molar-refractivity contribution in [1.29, 1.82) is 0 Å². The van der Waals surface area contributed by atoms with Gasteiger partial charge in [0.05, 0.1) is 17.8 Å². The number of carbonyl (C=O) groups is 2. The Balaban J connectivity index is 1.32. The van der Waals surface area contributed by atoms with E-state index in [4.69, 9.17) is 0 Å². The van der Waals surface area contributed by atoms with Crippen molar-refractivity contribution in [2.24, 2.45) is 0 Å². The highest BCUT2D eigenvalue weighted by molar-refractivity contribution is 7.14. The number of anilines is 1. The van der Waals surface area contributed by atoms with E-state index in [1.54, 1.807) is 35.7 Å². The van der Waals surface area contributed by atoms with Crippen LogP contribution in [0.3, 0.4) is 0 Å². The third-order valence-electron chi connectivity index (χ3n) is 5.18. The van der Waals surface area contributed by atoms with Crippen molar-refractivity contribution < 1.29 is 18.4 Å². The summed E-state index contributed by atoms with van der Waals surface area (Å²) in [5.74, 6) is -3.43. The second kappa shape index (κ2) is 8.62. The average Bonchev–Trinajstić information content (AvgIpc) is 3.40. The summed E-state index contributed by atoms with van der Waals surface area (Å²) in [6, 6.07) is 9.09. The molecule has 2 amide bonds. The van der Waals surface area contributed by atoms with Gasteiger partial charge in [0.2, 0.25) is 19.2 Å². The standard InChI is InChI=1S/C21H20BF2N4O2S/c1-22-28-6-5-15(11-28)19(30)25-10-18(29)27-20-26-17(12-31-20)14-4-2-3-13(7-14)16-8-21(23,24)9-16/h2-7,11-12,16H,8-10H2,1H3,(H,25,30)(H,26,27,29). The molecule has 0 spiro atoms. The van der Waals surface area contributed by atoms with Crippen LogP contribution in [0.15, 0.2) is 48.1 Å². The van der Waals surface area contributed by atoms with Gasteiger partial charge in [0.25, 0.3) is 5.91 Å². The van der Waals surface area contributed by atoms with E-state index in [0.717, 1.165) is 11.1 Å². The van der Waals surface area contributed by atoms with Crippen LogP contribution in [-0.4, -0.2) is 41.2 Å². The van der Waals surface area contributed by atoms with Crippen LogP contribution >= 0.6 is 11.3 Å². The number of amides is 2. The fraction of sp³-hybridized carbons (Fsp3) is 0.286. The van der Waals surface area contributed by atoms with Crippen molar-refractivity contribution in [1.82, 2.24) is 14.8 Å². The summed E-state index contributed by atoms with van der Waals surface area (Å²) in [4.78, 5) is 28.7. The molecule has 0 unspecified atom stereocenters. The highest BCUT2D eigenvalue weighted by Crippen LogP contribution is 2.48. The first-order valence-corrected chi connectivity index (χ1v) is 10.7. The number of hydrogen-bond acceptors (Lipinski definition) is 4. The Kier molecular flexibility index (Phi) is 5.91. The van der Waals surface area contributed by atoms with Crippen molar-refractivity contribution in [2.75, 3.05) is 11.9 Å². The molecular formula is C21H20BF2N4O2S. The third-order valence-corrected chi connectivity index (χ3v) is 5.94. The van der Waals surface area contributed by atoms with E-state index in [-0.39, 0.29) is 37.1 Å². The van der Waals surface area contributed by atoms with E-state index in [1.165, 1.54) is 11.3 Å². The van der Waals surface area contributed by atoms with Gasteiger partial charge in [-0.25, -0.2) is 13.8 Å². The minimum absolute atomic E-state index is 0.123. The summed E-state index contributed by atoms with van der Waals surface area (Å²) in [7, 11) is 1.81. The summed E-state index contributed by atoms with van der Waals surface area (Å²) < 4.78 is 28.1. The maximum absolute atomic E-state index is 13.2. The monoisotopic (exact) mass is 441 g/mol. The zero-order valence-corrected chi connectivity index (χ0v) is 17.6. The third kappa shape index (κ3) is 5.01. The molecule has 3 aromatic rings. The van der Waals surface area contributed by atoms with Crippen molar-refractivity contribution in [3.8, 4) is 11.3 Å². The fourth-order valence-corrected chi connectivity index (χ4v) is 4.18. The molecule has 2 N–H and O–H groups in total. The lowest BCUT2D eigenvalue weighted by Crippen LogP contribution is -2.33. The minimum Gasteiger partial charge on any atom is -0.402 e. The first-order chi connectivity index (χ1) is 14.8. The van der Waals surface area contributed by atoms with Gasteiger partial charge in [-0.1, -0.05) is 25.0 Å². The van der Waals surface area contributed by atoms with E-state index < -0.39 is 5.92 Å². The van der Waals surface area contributed by atoms with E-state index >= 15 is 0 Å². The molecule has 159 valence electrons. The van der Waals surface area contributed by atoms with Crippen molar-refractivity contribution in [2.45, 2.75) is 31.5 Å². The van der Waals surface area contributed by atoms with Crippen molar-refractivity contribution >= 4 is 35.7 Å². The lowest BCUT2D eigenvalue weighted by Gasteiger charge is -2.35. The van der Waals surface area contributed by atoms with E-state index in [1.807, 2.05) is 31.1 Å². The molecule has 1 saturated carbocycles. The number of nitrogens with zero attached hydrogens (tertiary/aromatic N) is 2. The number of rotatable bonds is 7. The van der Waals surface area contributed by atoms with Crippen LogP contribution in [0.25, 0.3) is 11.3 Å². The maximum atomic E-state index is 13.2. The number of halogens is 2. The number of carbonyl (C=O) groups excluding carboxylic acids is 2. The molecule has 0 bridgehead atoms. The van der Waals surface area contributed by atoms with Crippen molar-refractivity contribution in [3.63, 3.8) is 0 Å². The Morgan fingerprint density at radius 2 is 2.13 bits per heavy atom. The molecule has 0 saturated heterocycles. The molecule has 1 radical (unpaired) electrons. The van der Waals surface area contributed by atoms with Gasteiger partial charge >= 0.3 is 0 Å². The molecule has 4 rings (SSSR count). The van der Waals surface area contributed by atoms with Gasteiger partial charge in [0, 0.05) is 30.0 Å². The molecule has 1 aromatic carbocycles. The Morgan fingerprint density at radius 1 is 1.32 bits per heavy atom. The average molecular weight is 441 g/mol. The number of hydrogen-bond donors (Lipinski definition) is 2. The normalized spacial score (nSPS) is 15.2. The van der Waals surface area contributed by atoms with Crippen LogP contribution in [-0.2, 0) is 4.79 Å². The van der Waals surface area contributed by atoms with E-state index in [2.05, 4.69) is 15.6 Å². The summed E-state index contributed by atoms with van der Waals surface area (Å²) in [5, 5.41) is 7.44. The highest BCUT2D eigenvalue weighted by Gasteiger charge is 2.45. The summed E-state index contributed by atoms with van der Waals surface area (Å²) in [6.07, 6.45) is 3.17. The topological polar surface area (TPSA) is 76.0 Å². The van der Waals surface area contributed by atoms with Crippen LogP contribution in [0.5, 0.6) is 0 Å². The maximum Gasteiger partial charge on any atom is 0.253 e. The van der Waals surface area contributed by atoms with Gasteiger partial charge in [-0.05, 0) is 29.8 Å². The number of aromatic nitrogens is 2. The second-order valence-electron chi connectivity index (χ2n) is 7.46. The summed E-state index contributed by atoms with van der Waals surface area (Å²) >= 11 is 1.26. The van der Waals surface area contributed by atoms with Crippen LogP contribution in [0.1, 0.15) is 34.7 Å². The first-order valence-electron chi connectivity index (χ1n) is 9.82. The Hall–Kier alpha value is -3.01. The molecule has 10 heteroatoms. The van der Waals surface area contributed by atoms with E-state index in [0.29, 0.717) is 16.4 Å². The Morgan fingerprint density at radius 3 is 2.84 bits per heavy atom. The smallest absolute Gasteiger partial charge is 0.253 e. The number of nitrogens with one attached hydrogen (secondary N) is 2. The van der Waals surface area contributed by atoms with Crippen LogP contribution < -0.4 is 10.6 Å². The predicted octanol–water partition coefficient (Wildman–Crippen LogP) is 4.01. The molecule has 2 heterocycles. The molecule has 1 aliphatic rings. The number of thiazole rings is 1. The zero-order valence-electron chi connectivity index (χ0n) is 16.8. The van der Waals surface area contributed by atoms with Gasteiger partial charge in [-0.3, -0.25) is 9.59 Å². The van der Waals surface area contributed by atoms with Crippen LogP contribution in [0, 0.1) is 0 Å². The van der Waals surface area contributed by atoms with E-state index in [9.17, 15) is 18.4 Å². The molecule has 31 heavy (non-hydrogen) atoms. The van der Waals surface area contributed by atoms with Gasteiger partial charge in [0.15, 0.2) is 5.13 Å². The number of benzene rings is 1. The SMILES string of the molecule is C[B]n1ccc(C(=O)NCC(=O)Nc2nc(-c3cccc(C4CC(F)(F)C4)c3)cs2)c1. The predicted molar refractivity (Wildman–Crippen MR) is 117 cm³/mol. The Labute approximate surface area is 183 Å². The summed E-state index contributed by atoms with van der Waals surface area (Å²) in [5.41, 5.74) is 2.82. The molecular weight excluding hydrogens is 421 g/mol. The van der Waals surface area contributed by atoms with Crippen LogP contribution in [0.2, 0.25) is 6.82 Å². The highest BCUT2D eigenvalue weighted by atomic mass is 32.1. The van der Waals surface area contributed by atoms with Gasteiger partial charge < -0.3 is 15.1 Å². The quantitative estimate of drug-likeness (QED) is 0.544. The summed E-state index contributed by atoms with van der Waals surface area (Å²) in [6.45, 7) is 1.67. The largest absolute Gasteiger partial charge is 0.402 e.